The highest BCUT2D eigenvalue weighted by molar-refractivity contribution is 7.99. The Hall–Kier alpha value is -2.38. The first-order valence-electron chi connectivity index (χ1n) is 8.23. The molecule has 0 bridgehead atoms. The molecule has 0 aliphatic carbocycles. The molecule has 0 saturated carbocycles. The molecular weight excluding hydrogens is 370 g/mol. The summed E-state index contributed by atoms with van der Waals surface area (Å²) in [5.74, 6) is 1.79. The molecule has 6 nitrogen and oxygen atoms in total. The highest BCUT2D eigenvalue weighted by Crippen LogP contribution is 2.27. The van der Waals surface area contributed by atoms with Gasteiger partial charge in [-0.3, -0.25) is 9.78 Å². The zero-order valence-electron chi connectivity index (χ0n) is 13.9. The summed E-state index contributed by atoms with van der Waals surface area (Å²) in [4.78, 5) is 19.1. The topological polar surface area (TPSA) is 63.9 Å². The summed E-state index contributed by atoms with van der Waals surface area (Å²) in [7, 11) is 0. The quantitative estimate of drug-likeness (QED) is 0.692. The van der Waals surface area contributed by atoms with Crippen LogP contribution >= 0.6 is 23.4 Å². The lowest BCUT2D eigenvalue weighted by Gasteiger charge is -2.25. The second kappa shape index (κ2) is 7.47. The SMILES string of the molecule is O=C(c1nnn(-c2ccc(Cl)cc2)c1-c1cccnc1)N1CCSCC1. The molecule has 1 saturated heterocycles. The molecule has 1 aliphatic rings. The van der Waals surface area contributed by atoms with E-state index in [1.54, 1.807) is 29.2 Å². The average molecular weight is 386 g/mol. The van der Waals surface area contributed by atoms with E-state index in [-0.39, 0.29) is 5.91 Å². The van der Waals surface area contributed by atoms with Crippen molar-refractivity contribution < 1.29 is 4.79 Å². The Kier molecular flexibility index (Phi) is 4.90. The van der Waals surface area contributed by atoms with Crippen molar-refractivity contribution in [2.75, 3.05) is 24.6 Å². The zero-order valence-corrected chi connectivity index (χ0v) is 15.5. The lowest BCUT2D eigenvalue weighted by atomic mass is 10.1. The van der Waals surface area contributed by atoms with Crippen molar-refractivity contribution in [1.82, 2.24) is 24.9 Å². The molecule has 0 atom stereocenters. The van der Waals surface area contributed by atoms with Crippen LogP contribution in [0, 0.1) is 0 Å². The first kappa shape index (κ1) is 17.1. The molecule has 0 radical (unpaired) electrons. The van der Waals surface area contributed by atoms with E-state index in [4.69, 9.17) is 11.6 Å². The highest BCUT2D eigenvalue weighted by Gasteiger charge is 2.27. The summed E-state index contributed by atoms with van der Waals surface area (Å²) in [6, 6.07) is 11.0. The second-order valence-corrected chi connectivity index (χ2v) is 7.48. The van der Waals surface area contributed by atoms with E-state index in [9.17, 15) is 4.79 Å². The summed E-state index contributed by atoms with van der Waals surface area (Å²) < 4.78 is 1.67. The molecule has 2 aromatic heterocycles. The van der Waals surface area contributed by atoms with Gasteiger partial charge in [0.15, 0.2) is 5.69 Å². The van der Waals surface area contributed by atoms with Crippen LogP contribution in [0.1, 0.15) is 10.5 Å². The number of benzene rings is 1. The normalized spacial score (nSPS) is 14.4. The van der Waals surface area contributed by atoms with Crippen molar-refractivity contribution in [3.8, 4) is 16.9 Å². The maximum atomic E-state index is 13.1. The fourth-order valence-corrected chi connectivity index (χ4v) is 3.90. The fraction of sp³-hybridized carbons (Fsp3) is 0.222. The van der Waals surface area contributed by atoms with E-state index in [1.165, 1.54) is 0 Å². The number of hydrogen-bond acceptors (Lipinski definition) is 5. The summed E-state index contributed by atoms with van der Waals surface area (Å²) >= 11 is 7.85. The number of aromatic nitrogens is 4. The number of carbonyl (C=O) groups is 1. The third kappa shape index (κ3) is 3.32. The largest absolute Gasteiger partial charge is 0.336 e. The maximum absolute atomic E-state index is 13.1. The van der Waals surface area contributed by atoms with Crippen LogP contribution in [0.2, 0.25) is 5.02 Å². The monoisotopic (exact) mass is 385 g/mol. The minimum absolute atomic E-state index is 0.0932. The Labute approximate surface area is 160 Å². The standard InChI is InChI=1S/C18H16ClN5OS/c19-14-3-5-15(6-4-14)24-17(13-2-1-7-20-12-13)16(21-22-24)18(25)23-8-10-26-11-9-23/h1-7,12H,8-11H2. The summed E-state index contributed by atoms with van der Waals surface area (Å²) in [5, 5.41) is 9.11. The molecule has 4 rings (SSSR count). The highest BCUT2D eigenvalue weighted by atomic mass is 35.5. The van der Waals surface area contributed by atoms with Gasteiger partial charge in [-0.25, -0.2) is 4.68 Å². The molecule has 1 aromatic carbocycles. The number of hydrogen-bond donors (Lipinski definition) is 0. The molecule has 26 heavy (non-hydrogen) atoms. The summed E-state index contributed by atoms with van der Waals surface area (Å²) in [5.41, 5.74) is 2.57. The van der Waals surface area contributed by atoms with E-state index in [2.05, 4.69) is 15.3 Å². The lowest BCUT2D eigenvalue weighted by Crippen LogP contribution is -2.38. The first-order valence-corrected chi connectivity index (χ1v) is 9.76. The average Bonchev–Trinajstić information content (AvgIpc) is 3.14. The molecule has 1 amide bonds. The van der Waals surface area contributed by atoms with Crippen molar-refractivity contribution in [1.29, 1.82) is 0 Å². The number of halogens is 1. The Balaban J connectivity index is 1.82. The van der Waals surface area contributed by atoms with Gasteiger partial charge in [0.1, 0.15) is 5.69 Å². The molecule has 3 aromatic rings. The second-order valence-electron chi connectivity index (χ2n) is 5.82. The van der Waals surface area contributed by atoms with Crippen molar-refractivity contribution in [2.24, 2.45) is 0 Å². The third-order valence-electron chi connectivity index (χ3n) is 4.18. The Morgan fingerprint density at radius 3 is 2.58 bits per heavy atom. The van der Waals surface area contributed by atoms with Crippen LogP contribution < -0.4 is 0 Å². The van der Waals surface area contributed by atoms with Crippen LogP contribution in [0.3, 0.4) is 0 Å². The van der Waals surface area contributed by atoms with Crippen molar-refractivity contribution in [3.63, 3.8) is 0 Å². The predicted octanol–water partition coefficient (Wildman–Crippen LogP) is 3.17. The summed E-state index contributed by atoms with van der Waals surface area (Å²) in [6.45, 7) is 1.45. The van der Waals surface area contributed by atoms with E-state index >= 15 is 0 Å². The third-order valence-corrected chi connectivity index (χ3v) is 5.37. The van der Waals surface area contributed by atoms with E-state index < -0.39 is 0 Å². The van der Waals surface area contributed by atoms with E-state index in [0.29, 0.717) is 16.4 Å². The number of pyridine rings is 1. The molecule has 1 fully saturated rings. The Bertz CT molecular complexity index is 907. The molecule has 132 valence electrons. The van der Waals surface area contributed by atoms with Gasteiger partial charge in [0.05, 0.1) is 5.69 Å². The summed E-state index contributed by atoms with van der Waals surface area (Å²) in [6.07, 6.45) is 3.41. The number of carbonyl (C=O) groups excluding carboxylic acids is 1. The molecule has 3 heterocycles. The van der Waals surface area contributed by atoms with E-state index in [1.807, 2.05) is 40.9 Å². The smallest absolute Gasteiger partial charge is 0.276 e. The maximum Gasteiger partial charge on any atom is 0.276 e. The molecule has 0 spiro atoms. The molecule has 0 unspecified atom stereocenters. The van der Waals surface area contributed by atoms with Crippen LogP contribution in [0.5, 0.6) is 0 Å². The predicted molar refractivity (Wildman–Crippen MR) is 103 cm³/mol. The minimum Gasteiger partial charge on any atom is -0.336 e. The van der Waals surface area contributed by atoms with E-state index in [0.717, 1.165) is 35.8 Å². The number of nitrogens with zero attached hydrogens (tertiary/aromatic N) is 5. The number of amides is 1. The molecular formula is C18H16ClN5OS. The molecule has 0 N–H and O–H groups in total. The molecule has 8 heteroatoms. The van der Waals surface area contributed by atoms with Gasteiger partial charge in [0, 0.05) is 47.6 Å². The lowest BCUT2D eigenvalue weighted by molar-refractivity contribution is 0.0767. The number of rotatable bonds is 3. The van der Waals surface area contributed by atoms with Crippen molar-refractivity contribution in [2.45, 2.75) is 0 Å². The first-order chi connectivity index (χ1) is 12.7. The van der Waals surface area contributed by atoms with Gasteiger partial charge in [-0.2, -0.15) is 11.8 Å². The Morgan fingerprint density at radius 1 is 1.12 bits per heavy atom. The van der Waals surface area contributed by atoms with Crippen molar-refractivity contribution in [3.05, 3.63) is 59.5 Å². The van der Waals surface area contributed by atoms with Gasteiger partial charge in [-0.15, -0.1) is 5.10 Å². The number of thioether (sulfide) groups is 1. The zero-order chi connectivity index (χ0) is 17.9. The van der Waals surface area contributed by atoms with Gasteiger partial charge in [0.2, 0.25) is 0 Å². The van der Waals surface area contributed by atoms with Gasteiger partial charge in [-0.05, 0) is 36.4 Å². The van der Waals surface area contributed by atoms with Crippen LogP contribution in [-0.2, 0) is 0 Å². The van der Waals surface area contributed by atoms with Gasteiger partial charge < -0.3 is 4.90 Å². The molecule has 1 aliphatic heterocycles. The van der Waals surface area contributed by atoms with Crippen LogP contribution in [0.4, 0.5) is 0 Å². The van der Waals surface area contributed by atoms with Crippen molar-refractivity contribution >= 4 is 29.3 Å². The van der Waals surface area contributed by atoms with Crippen LogP contribution in [-0.4, -0.2) is 55.4 Å². The van der Waals surface area contributed by atoms with Gasteiger partial charge in [-0.1, -0.05) is 16.8 Å². The fourth-order valence-electron chi connectivity index (χ4n) is 2.87. The Morgan fingerprint density at radius 2 is 1.88 bits per heavy atom. The van der Waals surface area contributed by atoms with Gasteiger partial charge in [0.25, 0.3) is 5.91 Å². The van der Waals surface area contributed by atoms with Crippen LogP contribution in [0.15, 0.2) is 48.8 Å². The minimum atomic E-state index is -0.0932. The van der Waals surface area contributed by atoms with Gasteiger partial charge >= 0.3 is 0 Å². The van der Waals surface area contributed by atoms with Crippen LogP contribution in [0.25, 0.3) is 16.9 Å².